The second kappa shape index (κ2) is 7.76. The molecule has 0 fully saturated rings. The molecule has 7 heteroatoms. The largest absolute Gasteiger partial charge is 0.497 e. The first-order valence-electron chi connectivity index (χ1n) is 7.77. The highest BCUT2D eigenvalue weighted by Gasteiger charge is 2.20. The highest BCUT2D eigenvalue weighted by Crippen LogP contribution is 2.34. The van der Waals surface area contributed by atoms with Crippen LogP contribution in [0.4, 0.5) is 0 Å². The van der Waals surface area contributed by atoms with E-state index >= 15 is 0 Å². The maximum atomic E-state index is 11.9. The van der Waals surface area contributed by atoms with Gasteiger partial charge in [0.15, 0.2) is 0 Å². The minimum atomic E-state index is -3.90. The molecule has 0 atom stereocenters. The van der Waals surface area contributed by atoms with Crippen molar-refractivity contribution in [2.24, 2.45) is 5.14 Å². The van der Waals surface area contributed by atoms with Gasteiger partial charge in [-0.05, 0) is 29.7 Å². The van der Waals surface area contributed by atoms with E-state index in [0.717, 1.165) is 16.7 Å². The van der Waals surface area contributed by atoms with Crippen molar-refractivity contribution in [3.05, 3.63) is 47.0 Å². The van der Waals surface area contributed by atoms with Crippen LogP contribution in [0, 0.1) is 0 Å². The summed E-state index contributed by atoms with van der Waals surface area (Å²) in [5.41, 5.74) is 2.48. The maximum Gasteiger partial charge on any atom is 0.241 e. The lowest BCUT2D eigenvalue weighted by Crippen LogP contribution is -2.15. The Balaban J connectivity index is 2.59. The van der Waals surface area contributed by atoms with Crippen molar-refractivity contribution < 1.29 is 22.6 Å². The molecule has 6 nitrogen and oxygen atoms in total. The van der Waals surface area contributed by atoms with E-state index in [1.165, 1.54) is 7.11 Å². The first-order valence-corrected chi connectivity index (χ1v) is 9.32. The van der Waals surface area contributed by atoms with E-state index in [-0.39, 0.29) is 10.6 Å². The lowest BCUT2D eigenvalue weighted by Gasteiger charge is -2.16. The molecule has 25 heavy (non-hydrogen) atoms. The molecule has 0 amide bonds. The fourth-order valence-electron chi connectivity index (χ4n) is 2.70. The van der Waals surface area contributed by atoms with E-state index in [0.29, 0.717) is 24.3 Å². The summed E-state index contributed by atoms with van der Waals surface area (Å²) in [6, 6.07) is 8.98. The normalized spacial score (nSPS) is 11.2. The SMILES string of the molecule is CCc1cc(Cc2ccc(OC)cc2OC)c(OC)c(S(N)(=O)=O)c1. The predicted molar refractivity (Wildman–Crippen MR) is 96.1 cm³/mol. The predicted octanol–water partition coefficient (Wildman–Crippen LogP) is 2.51. The summed E-state index contributed by atoms with van der Waals surface area (Å²) < 4.78 is 39.9. The molecule has 2 rings (SSSR count). The standard InChI is InChI=1S/C18H23NO5S/c1-5-12-8-14(18(24-4)17(9-12)25(19,20)21)10-13-6-7-15(22-2)11-16(13)23-3/h6-9,11H,5,10H2,1-4H3,(H2,19,20,21). The Hall–Kier alpha value is -2.25. The number of hydrogen-bond acceptors (Lipinski definition) is 5. The Morgan fingerprint density at radius 3 is 2.20 bits per heavy atom. The summed E-state index contributed by atoms with van der Waals surface area (Å²) in [6.07, 6.45) is 1.12. The van der Waals surface area contributed by atoms with E-state index in [9.17, 15) is 8.42 Å². The van der Waals surface area contributed by atoms with Gasteiger partial charge in [-0.15, -0.1) is 0 Å². The molecule has 0 bridgehead atoms. The number of sulfonamides is 1. The average molecular weight is 365 g/mol. The highest BCUT2D eigenvalue weighted by molar-refractivity contribution is 7.89. The van der Waals surface area contributed by atoms with Crippen LogP contribution < -0.4 is 19.3 Å². The molecule has 0 saturated heterocycles. The van der Waals surface area contributed by atoms with Gasteiger partial charge in [0, 0.05) is 18.1 Å². The molecule has 0 saturated carbocycles. The smallest absolute Gasteiger partial charge is 0.241 e. The number of methoxy groups -OCH3 is 3. The van der Waals surface area contributed by atoms with Crippen molar-refractivity contribution in [1.82, 2.24) is 0 Å². The van der Waals surface area contributed by atoms with Gasteiger partial charge in [0.2, 0.25) is 10.0 Å². The van der Waals surface area contributed by atoms with Crippen molar-refractivity contribution in [1.29, 1.82) is 0 Å². The van der Waals surface area contributed by atoms with Gasteiger partial charge in [0.05, 0.1) is 21.3 Å². The van der Waals surface area contributed by atoms with Crippen LogP contribution in [0.25, 0.3) is 0 Å². The number of nitrogens with two attached hydrogens (primary N) is 1. The van der Waals surface area contributed by atoms with Crippen LogP contribution in [-0.4, -0.2) is 29.7 Å². The van der Waals surface area contributed by atoms with Crippen molar-refractivity contribution >= 4 is 10.0 Å². The molecule has 136 valence electrons. The lowest BCUT2D eigenvalue weighted by molar-refractivity contribution is 0.389. The molecule has 0 unspecified atom stereocenters. The first-order chi connectivity index (χ1) is 11.8. The van der Waals surface area contributed by atoms with Gasteiger partial charge in [0.25, 0.3) is 0 Å². The van der Waals surface area contributed by atoms with E-state index in [2.05, 4.69) is 0 Å². The van der Waals surface area contributed by atoms with Crippen molar-refractivity contribution in [2.45, 2.75) is 24.7 Å². The third-order valence-electron chi connectivity index (χ3n) is 3.99. The van der Waals surface area contributed by atoms with E-state index < -0.39 is 10.0 Å². The van der Waals surface area contributed by atoms with Crippen LogP contribution in [0.1, 0.15) is 23.6 Å². The summed E-state index contributed by atoms with van der Waals surface area (Å²) in [5, 5.41) is 5.36. The van der Waals surface area contributed by atoms with E-state index in [1.54, 1.807) is 26.4 Å². The number of rotatable bonds is 7. The Kier molecular flexibility index (Phi) is 5.92. The summed E-state index contributed by atoms with van der Waals surface area (Å²) in [5.74, 6) is 1.60. The molecule has 0 radical (unpaired) electrons. The van der Waals surface area contributed by atoms with Crippen molar-refractivity contribution in [3.63, 3.8) is 0 Å². The Morgan fingerprint density at radius 2 is 1.68 bits per heavy atom. The first kappa shape index (κ1) is 19.1. The molecule has 0 heterocycles. The van der Waals surface area contributed by atoms with Gasteiger partial charge in [-0.2, -0.15) is 0 Å². The van der Waals surface area contributed by atoms with Gasteiger partial charge in [-0.3, -0.25) is 0 Å². The van der Waals surface area contributed by atoms with Crippen LogP contribution in [0.15, 0.2) is 35.2 Å². The summed E-state index contributed by atoms with van der Waals surface area (Å²) in [6.45, 7) is 1.95. The van der Waals surface area contributed by atoms with Crippen LogP contribution in [0.2, 0.25) is 0 Å². The third-order valence-corrected chi connectivity index (χ3v) is 4.90. The summed E-state index contributed by atoms with van der Waals surface area (Å²) in [4.78, 5) is -0.00294. The lowest BCUT2D eigenvalue weighted by atomic mass is 10.00. The zero-order valence-corrected chi connectivity index (χ0v) is 15.6. The van der Waals surface area contributed by atoms with E-state index in [4.69, 9.17) is 19.3 Å². The molecule has 2 aromatic rings. The summed E-state index contributed by atoms with van der Waals surface area (Å²) >= 11 is 0. The Morgan fingerprint density at radius 1 is 0.960 bits per heavy atom. The number of primary sulfonamides is 1. The average Bonchev–Trinajstić information content (AvgIpc) is 2.60. The molecule has 2 aromatic carbocycles. The summed E-state index contributed by atoms with van der Waals surface area (Å²) in [7, 11) is 0.700. The number of benzene rings is 2. The van der Waals surface area contributed by atoms with Crippen molar-refractivity contribution in [2.75, 3.05) is 21.3 Å². The van der Waals surface area contributed by atoms with Gasteiger partial charge in [0.1, 0.15) is 22.1 Å². The molecule has 0 aromatic heterocycles. The molecule has 2 N–H and O–H groups in total. The van der Waals surface area contributed by atoms with Gasteiger partial charge in [-0.1, -0.05) is 19.1 Å². The minimum absolute atomic E-state index is 0.00294. The molecular weight excluding hydrogens is 342 g/mol. The Bertz CT molecular complexity index is 862. The zero-order chi connectivity index (χ0) is 18.6. The minimum Gasteiger partial charge on any atom is -0.497 e. The van der Waals surface area contributed by atoms with Crippen LogP contribution in [-0.2, 0) is 22.9 Å². The fraction of sp³-hybridized carbons (Fsp3) is 0.333. The topological polar surface area (TPSA) is 87.8 Å². The van der Waals surface area contributed by atoms with Crippen LogP contribution in [0.5, 0.6) is 17.2 Å². The zero-order valence-electron chi connectivity index (χ0n) is 14.8. The highest BCUT2D eigenvalue weighted by atomic mass is 32.2. The Labute approximate surface area is 148 Å². The molecule has 0 aliphatic rings. The molecule has 0 spiro atoms. The maximum absolute atomic E-state index is 11.9. The molecule has 0 aliphatic heterocycles. The monoisotopic (exact) mass is 365 g/mol. The number of ether oxygens (including phenoxy) is 3. The van der Waals surface area contributed by atoms with Crippen LogP contribution >= 0.6 is 0 Å². The van der Waals surface area contributed by atoms with Gasteiger partial charge < -0.3 is 14.2 Å². The van der Waals surface area contributed by atoms with E-state index in [1.807, 2.05) is 25.1 Å². The molecular formula is C18H23NO5S. The fourth-order valence-corrected chi connectivity index (χ4v) is 3.49. The third kappa shape index (κ3) is 4.24. The second-order valence-electron chi connectivity index (χ2n) is 5.54. The van der Waals surface area contributed by atoms with Gasteiger partial charge in [-0.25, -0.2) is 13.6 Å². The second-order valence-corrected chi connectivity index (χ2v) is 7.07. The quantitative estimate of drug-likeness (QED) is 0.814. The molecule has 0 aliphatic carbocycles. The van der Waals surface area contributed by atoms with Crippen molar-refractivity contribution in [3.8, 4) is 17.2 Å². The van der Waals surface area contributed by atoms with Gasteiger partial charge >= 0.3 is 0 Å². The van der Waals surface area contributed by atoms with Crippen LogP contribution in [0.3, 0.4) is 0 Å². The number of hydrogen-bond donors (Lipinski definition) is 1. The number of aryl methyl sites for hydroxylation is 1.